The molecule has 1 aliphatic heterocycles. The molecule has 2 heterocycles. The fraction of sp³-hybridized carbons (Fsp3) is 0.370. The van der Waals surface area contributed by atoms with Crippen LogP contribution in [0.2, 0.25) is 0 Å². The van der Waals surface area contributed by atoms with Gasteiger partial charge in [-0.05, 0) is 30.5 Å². The third kappa shape index (κ3) is 5.71. The number of piperidine rings is 1. The highest BCUT2D eigenvalue weighted by molar-refractivity contribution is 5.66. The summed E-state index contributed by atoms with van der Waals surface area (Å²) in [7, 11) is -2.98. The van der Waals surface area contributed by atoms with Crippen LogP contribution in [0.3, 0.4) is 0 Å². The highest BCUT2D eigenvalue weighted by atomic mass is 19.3. The highest BCUT2D eigenvalue weighted by Gasteiger charge is 2.46. The Hall–Kier alpha value is -3.21. The first-order valence-corrected chi connectivity index (χ1v) is 11.7. The molecule has 0 amide bonds. The summed E-state index contributed by atoms with van der Waals surface area (Å²) in [5, 5.41) is 23.8. The fourth-order valence-electron chi connectivity index (χ4n) is 4.75. The SMILES string of the molecule is [2H]C([2H])([2H])Oc1cc(F)c(-c2cc(CO)c(N3CCC[C@](NCc4ccccc4)([C@H](O)C(F)F)C3)cn2)cc1F. The van der Waals surface area contributed by atoms with Crippen molar-refractivity contribution in [2.24, 2.45) is 0 Å². The molecular formula is C27H29F4N3O3. The largest absolute Gasteiger partial charge is 0.494 e. The Morgan fingerprint density at radius 3 is 2.68 bits per heavy atom. The Kier molecular flexibility index (Phi) is 7.10. The summed E-state index contributed by atoms with van der Waals surface area (Å²) in [6.07, 6.45) is -2.93. The Morgan fingerprint density at radius 1 is 1.19 bits per heavy atom. The van der Waals surface area contributed by atoms with Gasteiger partial charge in [0.2, 0.25) is 0 Å². The van der Waals surface area contributed by atoms with Gasteiger partial charge in [-0.3, -0.25) is 4.98 Å². The van der Waals surface area contributed by atoms with Crippen molar-refractivity contribution in [3.8, 4) is 17.0 Å². The van der Waals surface area contributed by atoms with Crippen LogP contribution in [-0.4, -0.2) is 53.4 Å². The molecule has 1 fully saturated rings. The van der Waals surface area contributed by atoms with Gasteiger partial charge in [0.05, 0.1) is 40.9 Å². The molecule has 2 atom stereocenters. The number of nitrogens with zero attached hydrogens (tertiary/aromatic N) is 2. The lowest BCUT2D eigenvalue weighted by Crippen LogP contribution is -2.65. The third-order valence-electron chi connectivity index (χ3n) is 6.70. The Labute approximate surface area is 216 Å². The van der Waals surface area contributed by atoms with Crippen LogP contribution >= 0.6 is 0 Å². The number of pyridine rings is 1. The normalized spacial score (nSPS) is 20.3. The minimum Gasteiger partial charge on any atom is -0.494 e. The van der Waals surface area contributed by atoms with Gasteiger partial charge in [0.25, 0.3) is 6.43 Å². The lowest BCUT2D eigenvalue weighted by molar-refractivity contribution is -0.0658. The molecule has 3 aromatic rings. The average Bonchev–Trinajstić information content (AvgIpc) is 2.92. The van der Waals surface area contributed by atoms with E-state index in [0.29, 0.717) is 24.7 Å². The van der Waals surface area contributed by atoms with Crippen LogP contribution in [0.4, 0.5) is 23.2 Å². The number of hydrogen-bond acceptors (Lipinski definition) is 6. The predicted octanol–water partition coefficient (Wildman–Crippen LogP) is 4.28. The number of aliphatic hydroxyl groups excluding tert-OH is 2. The van der Waals surface area contributed by atoms with Crippen molar-refractivity contribution in [3.63, 3.8) is 0 Å². The van der Waals surface area contributed by atoms with E-state index < -0.39 is 49.1 Å². The van der Waals surface area contributed by atoms with Gasteiger partial charge in [-0.2, -0.15) is 0 Å². The van der Waals surface area contributed by atoms with Gasteiger partial charge in [-0.1, -0.05) is 30.3 Å². The minimum absolute atomic E-state index is 0.0243. The molecule has 6 nitrogen and oxygen atoms in total. The fourth-order valence-corrected chi connectivity index (χ4v) is 4.75. The monoisotopic (exact) mass is 522 g/mol. The maximum absolute atomic E-state index is 14.8. The van der Waals surface area contributed by atoms with E-state index in [1.54, 1.807) is 4.90 Å². The van der Waals surface area contributed by atoms with Crippen LogP contribution in [0, 0.1) is 11.6 Å². The first kappa shape index (κ1) is 22.9. The van der Waals surface area contributed by atoms with Crippen molar-refractivity contribution >= 4 is 5.69 Å². The van der Waals surface area contributed by atoms with E-state index in [1.165, 1.54) is 12.3 Å². The first-order chi connectivity index (χ1) is 18.9. The van der Waals surface area contributed by atoms with Crippen LogP contribution in [0.5, 0.6) is 5.75 Å². The number of nitrogens with one attached hydrogen (secondary N) is 1. The molecule has 0 radical (unpaired) electrons. The number of halogens is 4. The molecule has 0 saturated carbocycles. The van der Waals surface area contributed by atoms with E-state index in [9.17, 15) is 27.8 Å². The second-order valence-corrected chi connectivity index (χ2v) is 9.02. The summed E-state index contributed by atoms with van der Waals surface area (Å²) >= 11 is 0. The molecular weight excluding hydrogens is 490 g/mol. The molecule has 10 heteroatoms. The van der Waals surface area contributed by atoms with Gasteiger partial charge in [-0.25, -0.2) is 17.6 Å². The Balaban J connectivity index is 1.63. The summed E-state index contributed by atoms with van der Waals surface area (Å²) in [6, 6.07) is 11.9. The maximum atomic E-state index is 14.8. The summed E-state index contributed by atoms with van der Waals surface area (Å²) in [4.78, 5) is 5.94. The van der Waals surface area contributed by atoms with E-state index in [-0.39, 0.29) is 36.3 Å². The minimum atomic E-state index is -3.00. The number of ether oxygens (including phenoxy) is 1. The van der Waals surface area contributed by atoms with E-state index in [1.807, 2.05) is 30.3 Å². The van der Waals surface area contributed by atoms with Crippen molar-refractivity contribution in [3.05, 3.63) is 77.5 Å². The third-order valence-corrected chi connectivity index (χ3v) is 6.70. The number of aliphatic hydroxyl groups is 2. The van der Waals surface area contributed by atoms with Crippen molar-refractivity contribution in [2.45, 2.75) is 44.1 Å². The number of benzene rings is 2. The van der Waals surface area contributed by atoms with E-state index in [4.69, 9.17) is 4.11 Å². The van der Waals surface area contributed by atoms with Gasteiger partial charge in [0.1, 0.15) is 11.9 Å². The molecule has 37 heavy (non-hydrogen) atoms. The van der Waals surface area contributed by atoms with Gasteiger partial charge < -0.3 is 25.2 Å². The molecule has 2 aromatic carbocycles. The predicted molar refractivity (Wildman–Crippen MR) is 132 cm³/mol. The first-order valence-electron chi connectivity index (χ1n) is 13.2. The second kappa shape index (κ2) is 11.5. The van der Waals surface area contributed by atoms with Crippen LogP contribution < -0.4 is 15.0 Å². The van der Waals surface area contributed by atoms with Gasteiger partial charge in [0.15, 0.2) is 11.6 Å². The van der Waals surface area contributed by atoms with Crippen LogP contribution in [0.1, 0.15) is 28.1 Å². The maximum Gasteiger partial charge on any atom is 0.265 e. The van der Waals surface area contributed by atoms with Crippen molar-refractivity contribution in [1.29, 1.82) is 0 Å². The van der Waals surface area contributed by atoms with Crippen molar-refractivity contribution in [1.82, 2.24) is 10.3 Å². The summed E-state index contributed by atoms with van der Waals surface area (Å²) in [5.74, 6) is -2.90. The summed E-state index contributed by atoms with van der Waals surface area (Å²) in [6.45, 7) is 0.120. The zero-order valence-corrected chi connectivity index (χ0v) is 19.8. The summed E-state index contributed by atoms with van der Waals surface area (Å²) < 4.78 is 82.7. The topological polar surface area (TPSA) is 77.9 Å². The zero-order valence-electron chi connectivity index (χ0n) is 22.8. The lowest BCUT2D eigenvalue weighted by Gasteiger charge is -2.47. The van der Waals surface area contributed by atoms with Crippen LogP contribution in [0.25, 0.3) is 11.3 Å². The number of aromatic nitrogens is 1. The molecule has 3 N–H and O–H groups in total. The molecule has 1 aliphatic rings. The standard InChI is InChI=1S/C27H29F4N3O3/c1-37-24-12-20(28)19(11-21(24)29)22-10-18(15-35)23(14-32-22)34-9-5-8-27(16-34,25(36)26(30)31)33-13-17-6-3-2-4-7-17/h2-4,6-7,10-12,14,25-26,33,35-36H,5,8-9,13,15-16H2,1H3/t25-,27-/m1/s1/i1D3. The zero-order chi connectivity index (χ0) is 29.1. The molecule has 1 saturated heterocycles. The van der Waals surface area contributed by atoms with Crippen molar-refractivity contribution in [2.75, 3.05) is 25.0 Å². The van der Waals surface area contributed by atoms with Crippen molar-refractivity contribution < 1.29 is 36.6 Å². The number of methoxy groups -OCH3 is 1. The molecule has 4 rings (SSSR count). The van der Waals surface area contributed by atoms with E-state index in [0.717, 1.165) is 11.6 Å². The molecule has 0 unspecified atom stereocenters. The number of anilines is 1. The van der Waals surface area contributed by atoms with E-state index in [2.05, 4.69) is 15.0 Å². The molecule has 0 spiro atoms. The van der Waals surface area contributed by atoms with Gasteiger partial charge in [0, 0.05) is 36.8 Å². The number of rotatable bonds is 9. The second-order valence-electron chi connectivity index (χ2n) is 9.02. The molecule has 198 valence electrons. The van der Waals surface area contributed by atoms with E-state index >= 15 is 0 Å². The highest BCUT2D eigenvalue weighted by Crippen LogP contribution is 2.35. The number of hydrogen-bond donors (Lipinski definition) is 3. The van der Waals surface area contributed by atoms with Crippen LogP contribution in [-0.2, 0) is 13.2 Å². The molecule has 0 aliphatic carbocycles. The smallest absolute Gasteiger partial charge is 0.265 e. The van der Waals surface area contributed by atoms with Crippen LogP contribution in [0.15, 0.2) is 54.7 Å². The van der Waals surface area contributed by atoms with Gasteiger partial charge >= 0.3 is 0 Å². The molecule has 1 aromatic heterocycles. The summed E-state index contributed by atoms with van der Waals surface area (Å²) in [5.41, 5.74) is -0.182. The number of alkyl halides is 2. The quantitative estimate of drug-likeness (QED) is 0.364. The average molecular weight is 523 g/mol. The van der Waals surface area contributed by atoms with Gasteiger partial charge in [-0.15, -0.1) is 0 Å². The Bertz CT molecular complexity index is 1320. The Morgan fingerprint density at radius 2 is 1.97 bits per heavy atom. The molecule has 0 bridgehead atoms. The lowest BCUT2D eigenvalue weighted by atomic mass is 9.83.